The maximum absolute atomic E-state index is 12.8. The summed E-state index contributed by atoms with van der Waals surface area (Å²) in [7, 11) is 0. The van der Waals surface area contributed by atoms with Crippen LogP contribution in [0, 0.1) is 5.41 Å². The van der Waals surface area contributed by atoms with Crippen LogP contribution in [0.3, 0.4) is 0 Å². The molecule has 3 aliphatic rings. The van der Waals surface area contributed by atoms with Crippen LogP contribution >= 0.6 is 11.8 Å². The molecule has 8 nitrogen and oxygen atoms in total. The number of aliphatic imine (C=N–C) groups is 1. The number of benzene rings is 3. The zero-order valence-electron chi connectivity index (χ0n) is 23.2. The SMILES string of the molecule is N=C1/C(=C/c2cccc(OCCOc3ccc(C4CCCCC4)cc3)c2)C(=O)N=C2SC(COc3ccccc3)=NN12. The number of hydrogen-bond donors (Lipinski definition) is 1. The highest BCUT2D eigenvalue weighted by Gasteiger charge is 2.35. The summed E-state index contributed by atoms with van der Waals surface area (Å²) in [5.41, 5.74) is 2.29. The quantitative estimate of drug-likeness (QED) is 0.207. The molecule has 0 atom stereocenters. The number of nitrogens with one attached hydrogen (secondary N) is 1. The average molecular weight is 581 g/mol. The summed E-state index contributed by atoms with van der Waals surface area (Å²) in [4.78, 5) is 17.0. The molecule has 6 rings (SSSR count). The normalized spacial score (nSPS) is 18.0. The van der Waals surface area contributed by atoms with Crippen molar-refractivity contribution in [1.82, 2.24) is 5.01 Å². The van der Waals surface area contributed by atoms with Gasteiger partial charge in [-0.15, -0.1) is 0 Å². The van der Waals surface area contributed by atoms with Gasteiger partial charge in [0.25, 0.3) is 5.91 Å². The van der Waals surface area contributed by atoms with Gasteiger partial charge in [0, 0.05) is 0 Å². The molecule has 0 radical (unpaired) electrons. The number of amidine groups is 2. The molecule has 1 N–H and O–H groups in total. The fourth-order valence-electron chi connectivity index (χ4n) is 5.20. The van der Waals surface area contributed by atoms with Crippen LogP contribution in [-0.2, 0) is 4.79 Å². The summed E-state index contributed by atoms with van der Waals surface area (Å²) in [6.45, 7) is 1.01. The average Bonchev–Trinajstić information content (AvgIpc) is 3.45. The molecule has 9 heteroatoms. The summed E-state index contributed by atoms with van der Waals surface area (Å²) >= 11 is 1.23. The van der Waals surface area contributed by atoms with Crippen LogP contribution in [0.4, 0.5) is 0 Å². The molecular formula is C33H32N4O4S. The first-order valence-electron chi connectivity index (χ1n) is 14.2. The molecule has 1 amide bonds. The van der Waals surface area contributed by atoms with Crippen LogP contribution in [0.15, 0.2) is 94.5 Å². The van der Waals surface area contributed by atoms with Gasteiger partial charge in [-0.3, -0.25) is 10.2 Å². The Hall–Kier alpha value is -4.37. The van der Waals surface area contributed by atoms with E-state index in [1.54, 1.807) is 6.08 Å². The van der Waals surface area contributed by atoms with E-state index in [2.05, 4.69) is 22.2 Å². The predicted molar refractivity (Wildman–Crippen MR) is 167 cm³/mol. The Balaban J connectivity index is 1.02. The molecule has 2 aliphatic heterocycles. The zero-order chi connectivity index (χ0) is 28.7. The third-order valence-electron chi connectivity index (χ3n) is 7.35. The van der Waals surface area contributed by atoms with E-state index >= 15 is 0 Å². The van der Waals surface area contributed by atoms with Crippen LogP contribution in [0.25, 0.3) is 6.08 Å². The molecule has 0 saturated heterocycles. The fraction of sp³-hybridized carbons (Fsp3) is 0.273. The highest BCUT2D eigenvalue weighted by molar-refractivity contribution is 8.27. The standard InChI is InChI=1S/C33H32N4O4S/c34-31-29(32(38)35-33-37(31)36-30(42-33)22-41-26-11-5-2-6-12-26)21-23-8-7-13-28(20-23)40-19-18-39-27-16-14-25(15-17-27)24-9-3-1-4-10-24/h2,5-8,11-17,20-21,24,34H,1,3-4,9-10,18-19,22H2/b29-21-,34-31?. The van der Waals surface area contributed by atoms with Gasteiger partial charge in [-0.25, -0.2) is 0 Å². The minimum Gasteiger partial charge on any atom is -0.490 e. The summed E-state index contributed by atoms with van der Waals surface area (Å²) in [6, 6.07) is 25.3. The zero-order valence-corrected chi connectivity index (χ0v) is 24.0. The van der Waals surface area contributed by atoms with Crippen LogP contribution in [0.5, 0.6) is 17.2 Å². The van der Waals surface area contributed by atoms with Crippen molar-refractivity contribution in [3.8, 4) is 17.2 Å². The van der Waals surface area contributed by atoms with Crippen LogP contribution < -0.4 is 14.2 Å². The number of carbonyl (C=O) groups is 1. The lowest BCUT2D eigenvalue weighted by Crippen LogP contribution is -2.35. The van der Waals surface area contributed by atoms with E-state index in [1.807, 2.05) is 66.7 Å². The maximum Gasteiger partial charge on any atom is 0.283 e. The number of amides is 1. The monoisotopic (exact) mass is 580 g/mol. The van der Waals surface area contributed by atoms with E-state index in [-0.39, 0.29) is 18.0 Å². The molecule has 0 spiro atoms. The molecule has 3 aromatic rings. The van der Waals surface area contributed by atoms with Crippen LogP contribution in [0.1, 0.15) is 49.1 Å². The molecule has 0 bridgehead atoms. The second-order valence-electron chi connectivity index (χ2n) is 10.3. The van der Waals surface area contributed by atoms with Crippen molar-refractivity contribution in [2.24, 2.45) is 10.1 Å². The molecule has 2 heterocycles. The fourth-order valence-corrected chi connectivity index (χ4v) is 6.00. The Morgan fingerprint density at radius 1 is 0.857 bits per heavy atom. The Kier molecular flexibility index (Phi) is 8.65. The number of ether oxygens (including phenoxy) is 3. The number of fused-ring (bicyclic) bond motifs is 1. The number of hydrogen-bond acceptors (Lipinski definition) is 7. The third-order valence-corrected chi connectivity index (χ3v) is 8.23. The van der Waals surface area contributed by atoms with Gasteiger partial charge in [-0.05, 0) is 84.1 Å². The maximum atomic E-state index is 12.8. The first-order valence-corrected chi connectivity index (χ1v) is 15.1. The van der Waals surface area contributed by atoms with Gasteiger partial charge in [0.2, 0.25) is 5.17 Å². The van der Waals surface area contributed by atoms with Gasteiger partial charge >= 0.3 is 0 Å². The van der Waals surface area contributed by atoms with Crippen molar-refractivity contribution in [2.75, 3.05) is 19.8 Å². The second kappa shape index (κ2) is 13.1. The highest BCUT2D eigenvalue weighted by atomic mass is 32.2. The third kappa shape index (κ3) is 6.74. The number of hydrazone groups is 1. The molecule has 1 fully saturated rings. The van der Waals surface area contributed by atoms with Crippen LogP contribution in [0.2, 0.25) is 0 Å². The highest BCUT2D eigenvalue weighted by Crippen LogP contribution is 2.33. The van der Waals surface area contributed by atoms with Gasteiger partial charge in [-0.2, -0.15) is 15.1 Å². The lowest BCUT2D eigenvalue weighted by Gasteiger charge is -2.22. The Bertz CT molecular complexity index is 1530. The molecule has 0 aromatic heterocycles. The van der Waals surface area contributed by atoms with E-state index < -0.39 is 5.91 Å². The van der Waals surface area contributed by atoms with Crippen LogP contribution in [-0.4, -0.2) is 46.8 Å². The predicted octanol–water partition coefficient (Wildman–Crippen LogP) is 6.89. The molecule has 3 aromatic carbocycles. The van der Waals surface area contributed by atoms with E-state index in [0.717, 1.165) is 17.1 Å². The number of carbonyl (C=O) groups excluding carboxylic acids is 1. The second-order valence-corrected chi connectivity index (χ2v) is 11.3. The number of para-hydroxylation sites is 1. The Morgan fingerprint density at radius 3 is 2.36 bits per heavy atom. The topological polar surface area (TPSA) is 96.6 Å². The summed E-state index contributed by atoms with van der Waals surface area (Å²) < 4.78 is 17.6. The van der Waals surface area contributed by atoms with Gasteiger partial charge in [0.15, 0.2) is 5.84 Å². The first-order chi connectivity index (χ1) is 20.6. The first kappa shape index (κ1) is 27.8. The minimum absolute atomic E-state index is 0.0264. The van der Waals surface area contributed by atoms with Crippen molar-refractivity contribution < 1.29 is 19.0 Å². The lowest BCUT2D eigenvalue weighted by atomic mass is 9.84. The van der Waals surface area contributed by atoms with Crippen molar-refractivity contribution in [1.29, 1.82) is 5.41 Å². The number of rotatable bonds is 10. The molecule has 1 saturated carbocycles. The van der Waals surface area contributed by atoms with Gasteiger partial charge in [0.1, 0.15) is 42.1 Å². The van der Waals surface area contributed by atoms with Crippen molar-refractivity contribution in [3.63, 3.8) is 0 Å². The molecule has 214 valence electrons. The van der Waals surface area contributed by atoms with E-state index in [9.17, 15) is 4.79 Å². The van der Waals surface area contributed by atoms with Gasteiger partial charge in [-0.1, -0.05) is 61.7 Å². The van der Waals surface area contributed by atoms with E-state index in [4.69, 9.17) is 19.6 Å². The van der Waals surface area contributed by atoms with Crippen molar-refractivity contribution in [3.05, 3.63) is 95.6 Å². The minimum atomic E-state index is -0.478. The molecule has 42 heavy (non-hydrogen) atoms. The Morgan fingerprint density at radius 2 is 1.57 bits per heavy atom. The van der Waals surface area contributed by atoms with Gasteiger partial charge in [0.05, 0.1) is 5.57 Å². The molecule has 0 unspecified atom stereocenters. The van der Waals surface area contributed by atoms with Gasteiger partial charge < -0.3 is 14.2 Å². The summed E-state index contributed by atoms with van der Waals surface area (Å²) in [5.74, 6) is 2.38. The number of nitrogens with zero attached hydrogens (tertiary/aromatic N) is 3. The molecule has 1 aliphatic carbocycles. The summed E-state index contributed by atoms with van der Waals surface area (Å²) in [6.07, 6.45) is 8.21. The smallest absolute Gasteiger partial charge is 0.283 e. The Labute approximate surface area is 249 Å². The van der Waals surface area contributed by atoms with Crippen molar-refractivity contribution >= 4 is 39.8 Å². The number of thioether (sulfide) groups is 1. The van der Waals surface area contributed by atoms with Crippen molar-refractivity contribution in [2.45, 2.75) is 38.0 Å². The largest absolute Gasteiger partial charge is 0.490 e. The molecular weight excluding hydrogens is 548 g/mol. The van der Waals surface area contributed by atoms with E-state index in [1.165, 1.54) is 54.4 Å². The summed E-state index contributed by atoms with van der Waals surface area (Å²) in [5, 5.41) is 15.4. The lowest BCUT2D eigenvalue weighted by molar-refractivity contribution is -0.114. The van der Waals surface area contributed by atoms with E-state index in [0.29, 0.717) is 35.1 Å².